The first kappa shape index (κ1) is 16.1. The first-order valence-electron chi connectivity index (χ1n) is 8.27. The molecule has 0 saturated carbocycles. The van der Waals surface area contributed by atoms with Crippen molar-refractivity contribution in [1.82, 2.24) is 0 Å². The molecule has 0 aromatic heterocycles. The molecular formula is C20H22F2O. The molecule has 1 saturated heterocycles. The summed E-state index contributed by atoms with van der Waals surface area (Å²) in [5.41, 5.74) is 4.10. The molecule has 0 radical (unpaired) electrons. The van der Waals surface area contributed by atoms with Gasteiger partial charge in [-0.15, -0.1) is 0 Å². The zero-order chi connectivity index (χ0) is 16.4. The predicted molar refractivity (Wildman–Crippen MR) is 87.6 cm³/mol. The lowest BCUT2D eigenvalue weighted by molar-refractivity contribution is 0.400. The van der Waals surface area contributed by atoms with Crippen molar-refractivity contribution >= 4 is 0 Å². The van der Waals surface area contributed by atoms with Crippen molar-refractivity contribution in [1.29, 1.82) is 0 Å². The van der Waals surface area contributed by atoms with E-state index in [1.165, 1.54) is 5.56 Å². The Morgan fingerprint density at radius 1 is 1.00 bits per heavy atom. The third-order valence-electron chi connectivity index (χ3n) is 4.46. The second-order valence-electron chi connectivity index (χ2n) is 6.28. The van der Waals surface area contributed by atoms with Gasteiger partial charge in [-0.25, -0.2) is 8.78 Å². The van der Waals surface area contributed by atoms with Crippen molar-refractivity contribution in [2.24, 2.45) is 0 Å². The van der Waals surface area contributed by atoms with Crippen molar-refractivity contribution in [2.45, 2.75) is 45.6 Å². The van der Waals surface area contributed by atoms with Crippen LogP contribution in [0.2, 0.25) is 0 Å². The van der Waals surface area contributed by atoms with Crippen molar-refractivity contribution < 1.29 is 13.5 Å². The molecule has 2 aromatic carbocycles. The van der Waals surface area contributed by atoms with Crippen molar-refractivity contribution in [3.63, 3.8) is 0 Å². The van der Waals surface area contributed by atoms with Gasteiger partial charge in [-0.3, -0.25) is 0 Å². The van der Waals surface area contributed by atoms with E-state index in [0.717, 1.165) is 24.0 Å². The number of halogens is 2. The van der Waals surface area contributed by atoms with Gasteiger partial charge in [-0.2, -0.15) is 0 Å². The largest absolute Gasteiger partial charge is 0.368 e. The maximum Gasteiger partial charge on any atom is 0.165 e. The summed E-state index contributed by atoms with van der Waals surface area (Å²) in [6.07, 6.45) is 3.16. The summed E-state index contributed by atoms with van der Waals surface area (Å²) in [6.45, 7) is 4.48. The topological polar surface area (TPSA) is 12.5 Å². The van der Waals surface area contributed by atoms with Crippen LogP contribution in [0.3, 0.4) is 0 Å². The molecule has 0 amide bonds. The molecule has 0 spiro atoms. The van der Waals surface area contributed by atoms with E-state index >= 15 is 0 Å². The van der Waals surface area contributed by atoms with Gasteiger partial charge >= 0.3 is 0 Å². The van der Waals surface area contributed by atoms with E-state index in [0.29, 0.717) is 30.6 Å². The Morgan fingerprint density at radius 2 is 1.61 bits per heavy atom. The zero-order valence-electron chi connectivity index (χ0n) is 13.7. The highest BCUT2D eigenvalue weighted by molar-refractivity contribution is 5.37. The molecule has 0 N–H and O–H groups in total. The lowest BCUT2D eigenvalue weighted by atomic mass is 9.96. The van der Waals surface area contributed by atoms with Crippen LogP contribution in [0.25, 0.3) is 0 Å². The summed E-state index contributed by atoms with van der Waals surface area (Å²) in [6, 6.07) is 10.1. The minimum Gasteiger partial charge on any atom is -0.368 e. The summed E-state index contributed by atoms with van der Waals surface area (Å²) in [5.74, 6) is -1.45. The van der Waals surface area contributed by atoms with Gasteiger partial charge in [-0.05, 0) is 54.5 Å². The minimum atomic E-state index is -0.744. The number of epoxide rings is 1. The van der Waals surface area contributed by atoms with E-state index < -0.39 is 11.6 Å². The van der Waals surface area contributed by atoms with Crippen molar-refractivity contribution in [2.75, 3.05) is 6.61 Å². The summed E-state index contributed by atoms with van der Waals surface area (Å²) < 4.78 is 33.6. The first-order chi connectivity index (χ1) is 11.1. The van der Waals surface area contributed by atoms with Crippen LogP contribution in [0, 0.1) is 18.6 Å². The molecule has 1 atom stereocenters. The Labute approximate surface area is 136 Å². The normalized spacial score (nSPS) is 16.6. The van der Waals surface area contributed by atoms with Crippen LogP contribution in [0.15, 0.2) is 30.3 Å². The quantitative estimate of drug-likeness (QED) is 0.677. The summed E-state index contributed by atoms with van der Waals surface area (Å²) >= 11 is 0. The Morgan fingerprint density at radius 3 is 2.17 bits per heavy atom. The molecule has 1 fully saturated rings. The molecule has 1 aliphatic rings. The van der Waals surface area contributed by atoms with Crippen molar-refractivity contribution in [3.05, 3.63) is 69.8 Å². The van der Waals surface area contributed by atoms with Crippen LogP contribution in [0.4, 0.5) is 8.78 Å². The summed E-state index contributed by atoms with van der Waals surface area (Å²) in [5, 5.41) is 0. The molecule has 1 aliphatic heterocycles. The van der Waals surface area contributed by atoms with E-state index in [9.17, 15) is 8.78 Å². The lowest BCUT2D eigenvalue weighted by Gasteiger charge is -2.11. The van der Waals surface area contributed by atoms with Crippen LogP contribution in [-0.2, 0) is 24.0 Å². The minimum absolute atomic E-state index is 0.261. The number of aryl methyl sites for hydroxylation is 3. The molecule has 3 heteroatoms. The highest BCUT2D eigenvalue weighted by atomic mass is 19.2. The average Bonchev–Trinajstić information content (AvgIpc) is 3.37. The highest BCUT2D eigenvalue weighted by Crippen LogP contribution is 2.35. The molecule has 122 valence electrons. The molecule has 2 aromatic rings. The second kappa shape index (κ2) is 6.79. The van der Waals surface area contributed by atoms with Crippen LogP contribution < -0.4 is 0 Å². The lowest BCUT2D eigenvalue weighted by Crippen LogP contribution is -2.04. The smallest absolute Gasteiger partial charge is 0.165 e. The van der Waals surface area contributed by atoms with Gasteiger partial charge in [0.2, 0.25) is 0 Å². The Balaban J connectivity index is 1.73. The molecule has 3 rings (SSSR count). The maximum absolute atomic E-state index is 14.3. The highest BCUT2D eigenvalue weighted by Gasteiger charge is 2.30. The molecule has 0 aliphatic carbocycles. The van der Waals surface area contributed by atoms with Crippen LogP contribution >= 0.6 is 0 Å². The van der Waals surface area contributed by atoms with Gasteiger partial charge in [0.15, 0.2) is 11.6 Å². The van der Waals surface area contributed by atoms with Crippen molar-refractivity contribution in [3.8, 4) is 0 Å². The number of hydrogen-bond acceptors (Lipinski definition) is 1. The van der Waals surface area contributed by atoms with Gasteiger partial charge in [0.05, 0.1) is 6.61 Å². The Bertz CT molecular complexity index is 688. The summed E-state index contributed by atoms with van der Waals surface area (Å²) in [4.78, 5) is 0. The molecule has 23 heavy (non-hydrogen) atoms. The fourth-order valence-electron chi connectivity index (χ4n) is 3.02. The predicted octanol–water partition coefficient (Wildman–Crippen LogP) is 5.08. The van der Waals surface area contributed by atoms with E-state index in [2.05, 4.69) is 31.2 Å². The SMILES string of the molecule is CCCc1ccc(CCc2c(C)cc(C3CO3)c(F)c2F)cc1. The average molecular weight is 316 g/mol. The van der Waals surface area contributed by atoms with Gasteiger partial charge < -0.3 is 4.74 Å². The Kier molecular flexibility index (Phi) is 4.76. The van der Waals surface area contributed by atoms with Gasteiger partial charge in [0.1, 0.15) is 6.10 Å². The van der Waals surface area contributed by atoms with E-state index in [1.54, 1.807) is 6.07 Å². The third kappa shape index (κ3) is 3.61. The van der Waals surface area contributed by atoms with Gasteiger partial charge in [-0.1, -0.05) is 37.6 Å². The Hall–Kier alpha value is -1.74. The monoisotopic (exact) mass is 316 g/mol. The second-order valence-corrected chi connectivity index (χ2v) is 6.28. The van der Waals surface area contributed by atoms with E-state index in [-0.39, 0.29) is 6.10 Å². The number of rotatable bonds is 6. The molecule has 0 bridgehead atoms. The van der Waals surface area contributed by atoms with E-state index in [4.69, 9.17) is 4.74 Å². The van der Waals surface area contributed by atoms with Gasteiger partial charge in [0, 0.05) is 5.56 Å². The number of hydrogen-bond donors (Lipinski definition) is 0. The number of benzene rings is 2. The first-order valence-corrected chi connectivity index (χ1v) is 8.27. The zero-order valence-corrected chi connectivity index (χ0v) is 13.7. The van der Waals surface area contributed by atoms with E-state index in [1.807, 2.05) is 6.92 Å². The van der Waals surface area contributed by atoms with Gasteiger partial charge in [0.25, 0.3) is 0 Å². The molecule has 1 unspecified atom stereocenters. The fraction of sp³-hybridized carbons (Fsp3) is 0.400. The molecular weight excluding hydrogens is 294 g/mol. The molecule has 1 nitrogen and oxygen atoms in total. The standard InChI is InChI=1S/C20H22F2O/c1-3-4-14-5-7-15(8-6-14)9-10-16-13(2)11-17(18-12-23-18)20(22)19(16)21/h5-8,11,18H,3-4,9-10,12H2,1-2H3. The number of ether oxygens (including phenoxy) is 1. The molecule has 1 heterocycles. The summed E-state index contributed by atoms with van der Waals surface area (Å²) in [7, 11) is 0. The van der Waals surface area contributed by atoms with Crippen LogP contribution in [0.1, 0.15) is 47.3 Å². The fourth-order valence-corrected chi connectivity index (χ4v) is 3.02. The maximum atomic E-state index is 14.3. The van der Waals surface area contributed by atoms with Crippen LogP contribution in [-0.4, -0.2) is 6.61 Å². The van der Waals surface area contributed by atoms with Crippen LogP contribution in [0.5, 0.6) is 0 Å². The third-order valence-corrected chi connectivity index (χ3v) is 4.46.